The Hall–Kier alpha value is -0.650. The van der Waals surface area contributed by atoms with Gasteiger partial charge >= 0.3 is 0 Å². The standard InChI is InChI=1S/C17H24N4OS2/c18-20-21-24-17-9-2-1-3-11(17)4-5-12-13-6-7-15(19-22)16(13,23)10-8-14(12)17/h3,12-15,23H,1-2,4-10H2. The van der Waals surface area contributed by atoms with E-state index < -0.39 is 0 Å². The van der Waals surface area contributed by atoms with Gasteiger partial charge in [-0.1, -0.05) is 28.8 Å². The predicted molar refractivity (Wildman–Crippen MR) is 101 cm³/mol. The first kappa shape index (κ1) is 16.8. The van der Waals surface area contributed by atoms with Crippen molar-refractivity contribution in [3.05, 3.63) is 27.0 Å². The average molecular weight is 365 g/mol. The molecule has 0 bridgehead atoms. The third-order valence-electron chi connectivity index (χ3n) is 7.26. The minimum Gasteiger partial charge on any atom is -0.170 e. The van der Waals surface area contributed by atoms with Crippen LogP contribution in [-0.4, -0.2) is 15.5 Å². The molecule has 24 heavy (non-hydrogen) atoms. The van der Waals surface area contributed by atoms with Gasteiger partial charge in [-0.25, -0.2) is 0 Å². The second kappa shape index (κ2) is 6.26. The fourth-order valence-corrected chi connectivity index (χ4v) is 8.10. The van der Waals surface area contributed by atoms with E-state index in [0.717, 1.165) is 44.9 Å². The zero-order chi connectivity index (χ0) is 16.8. The van der Waals surface area contributed by atoms with Crippen molar-refractivity contribution in [3.8, 4) is 0 Å². The first-order valence-corrected chi connectivity index (χ1v) is 10.3. The molecular formula is C17H24N4OS2. The van der Waals surface area contributed by atoms with Crippen molar-refractivity contribution in [2.45, 2.75) is 73.3 Å². The molecule has 6 unspecified atom stereocenters. The van der Waals surface area contributed by atoms with Gasteiger partial charge in [-0.05, 0) is 85.6 Å². The van der Waals surface area contributed by atoms with E-state index in [-0.39, 0.29) is 15.5 Å². The third kappa shape index (κ3) is 2.27. The Balaban J connectivity index is 1.70. The fourth-order valence-electron chi connectivity index (χ4n) is 6.32. The number of azide groups is 1. The average Bonchev–Trinajstić information content (AvgIpc) is 2.96. The van der Waals surface area contributed by atoms with Crippen LogP contribution in [0.2, 0.25) is 0 Å². The summed E-state index contributed by atoms with van der Waals surface area (Å²) in [6.07, 6.45) is 12.1. The second-order valence-electron chi connectivity index (χ2n) is 7.92. The number of fused-ring (bicyclic) bond motifs is 5. The highest BCUT2D eigenvalue weighted by molar-refractivity contribution is 7.99. The summed E-state index contributed by atoms with van der Waals surface area (Å²) in [4.78, 5) is 14.3. The van der Waals surface area contributed by atoms with Crippen molar-refractivity contribution in [1.29, 1.82) is 0 Å². The molecule has 0 aromatic carbocycles. The second-order valence-corrected chi connectivity index (χ2v) is 9.82. The third-order valence-corrected chi connectivity index (χ3v) is 9.36. The summed E-state index contributed by atoms with van der Waals surface area (Å²) in [5, 5.41) is 3.42. The number of nitrogens with zero attached hydrogens (tertiary/aromatic N) is 4. The summed E-state index contributed by atoms with van der Waals surface area (Å²) in [6, 6.07) is -0.129. The van der Waals surface area contributed by atoms with Crippen molar-refractivity contribution in [1.82, 2.24) is 0 Å². The molecule has 0 N–H and O–H groups in total. The van der Waals surface area contributed by atoms with Crippen LogP contribution in [0.25, 0.3) is 10.4 Å². The van der Waals surface area contributed by atoms with Gasteiger partial charge in [0.1, 0.15) is 6.04 Å². The summed E-state index contributed by atoms with van der Waals surface area (Å²) in [7, 11) is 0. The summed E-state index contributed by atoms with van der Waals surface area (Å²) in [5.74, 6) is 1.61. The van der Waals surface area contributed by atoms with E-state index in [0.29, 0.717) is 17.8 Å². The van der Waals surface area contributed by atoms with Crippen LogP contribution in [0.15, 0.2) is 21.3 Å². The van der Waals surface area contributed by atoms with Gasteiger partial charge in [0.05, 0.1) is 0 Å². The Morgan fingerprint density at radius 3 is 2.92 bits per heavy atom. The fraction of sp³-hybridized carbons (Fsp3) is 0.882. The molecule has 3 saturated carbocycles. The van der Waals surface area contributed by atoms with Crippen LogP contribution in [0.5, 0.6) is 0 Å². The number of rotatable bonds is 3. The van der Waals surface area contributed by atoms with Crippen molar-refractivity contribution < 1.29 is 0 Å². The maximum atomic E-state index is 11.3. The molecule has 0 aliphatic heterocycles. The monoisotopic (exact) mass is 364 g/mol. The highest BCUT2D eigenvalue weighted by Gasteiger charge is 2.61. The van der Waals surface area contributed by atoms with E-state index in [1.165, 1.54) is 30.4 Å². The first-order valence-electron chi connectivity index (χ1n) is 9.12. The number of allylic oxidation sites excluding steroid dienone is 1. The molecule has 5 nitrogen and oxygen atoms in total. The lowest BCUT2D eigenvalue weighted by molar-refractivity contribution is 0.0738. The van der Waals surface area contributed by atoms with Gasteiger partial charge < -0.3 is 0 Å². The largest absolute Gasteiger partial charge is 0.170 e. The van der Waals surface area contributed by atoms with E-state index in [2.05, 4.69) is 20.7 Å². The van der Waals surface area contributed by atoms with Crippen LogP contribution < -0.4 is 0 Å². The molecule has 0 aromatic heterocycles. The van der Waals surface area contributed by atoms with E-state index in [1.807, 2.05) is 0 Å². The lowest BCUT2D eigenvalue weighted by Gasteiger charge is -2.57. The topological polar surface area (TPSA) is 78.2 Å². The van der Waals surface area contributed by atoms with Crippen LogP contribution in [0.1, 0.15) is 57.8 Å². The van der Waals surface area contributed by atoms with Crippen LogP contribution in [-0.2, 0) is 0 Å². The van der Waals surface area contributed by atoms with Crippen molar-refractivity contribution in [2.75, 3.05) is 0 Å². The zero-order valence-corrected chi connectivity index (χ0v) is 15.5. The summed E-state index contributed by atoms with van der Waals surface area (Å²) < 4.78 is 3.75. The molecule has 6 atom stereocenters. The Bertz CT molecular complexity index is 620. The predicted octanol–water partition coefficient (Wildman–Crippen LogP) is 5.83. The molecule has 0 amide bonds. The van der Waals surface area contributed by atoms with Crippen molar-refractivity contribution >= 4 is 24.6 Å². The summed E-state index contributed by atoms with van der Waals surface area (Å²) >= 11 is 6.50. The number of hydrogen-bond acceptors (Lipinski definition) is 5. The Kier molecular flexibility index (Phi) is 4.38. The van der Waals surface area contributed by atoms with E-state index in [1.54, 1.807) is 0 Å². The first-order chi connectivity index (χ1) is 11.7. The zero-order valence-electron chi connectivity index (χ0n) is 13.8. The highest BCUT2D eigenvalue weighted by atomic mass is 32.2. The van der Waals surface area contributed by atoms with Crippen molar-refractivity contribution in [2.24, 2.45) is 27.5 Å². The molecular weight excluding hydrogens is 340 g/mol. The molecule has 0 aromatic rings. The Morgan fingerprint density at radius 2 is 2.12 bits per heavy atom. The van der Waals surface area contributed by atoms with Gasteiger partial charge in [-0.3, -0.25) is 0 Å². The molecule has 0 heterocycles. The molecule has 4 aliphatic rings. The van der Waals surface area contributed by atoms with Crippen molar-refractivity contribution in [3.63, 3.8) is 0 Å². The number of hydrogen-bond donors (Lipinski definition) is 1. The molecule has 7 heteroatoms. The van der Waals surface area contributed by atoms with Gasteiger partial charge in [0.2, 0.25) is 0 Å². The molecule has 3 fully saturated rings. The van der Waals surface area contributed by atoms with E-state index >= 15 is 0 Å². The Labute approximate surface area is 152 Å². The molecule has 0 radical (unpaired) electrons. The Morgan fingerprint density at radius 1 is 1.25 bits per heavy atom. The lowest BCUT2D eigenvalue weighted by Crippen LogP contribution is -2.55. The number of nitroso groups, excluding NO2 is 1. The normalized spacial score (nSPS) is 46.8. The SMILES string of the molecule is [N-]=[N+]=NSC12CCCC=C1CCC1C2CCC2(S)C(N=O)CCC12. The van der Waals surface area contributed by atoms with Gasteiger partial charge in [-0.15, -0.1) is 0 Å². The van der Waals surface area contributed by atoms with Crippen LogP contribution in [0.4, 0.5) is 0 Å². The molecule has 4 rings (SSSR count). The smallest absolute Gasteiger partial charge is 0.107 e. The van der Waals surface area contributed by atoms with Crippen LogP contribution in [0.3, 0.4) is 0 Å². The maximum absolute atomic E-state index is 11.3. The molecule has 4 aliphatic carbocycles. The lowest BCUT2D eigenvalue weighted by atomic mass is 9.55. The van der Waals surface area contributed by atoms with Gasteiger partial charge in [0, 0.05) is 14.4 Å². The molecule has 130 valence electrons. The highest BCUT2D eigenvalue weighted by Crippen LogP contribution is 2.65. The molecule has 0 saturated heterocycles. The minimum absolute atomic E-state index is 0.00476. The van der Waals surface area contributed by atoms with Gasteiger partial charge in [0.15, 0.2) is 0 Å². The van der Waals surface area contributed by atoms with E-state index in [9.17, 15) is 4.91 Å². The van der Waals surface area contributed by atoms with Gasteiger partial charge in [-0.2, -0.15) is 17.5 Å². The van der Waals surface area contributed by atoms with Crippen LogP contribution in [0, 0.1) is 22.7 Å². The maximum Gasteiger partial charge on any atom is 0.107 e. The number of thiol groups is 1. The minimum atomic E-state index is -0.205. The molecule has 0 spiro atoms. The van der Waals surface area contributed by atoms with E-state index in [4.69, 9.17) is 18.2 Å². The summed E-state index contributed by atoms with van der Waals surface area (Å²) in [5.41, 5.74) is 10.4. The van der Waals surface area contributed by atoms with Gasteiger partial charge in [0.25, 0.3) is 0 Å². The quantitative estimate of drug-likeness (QED) is 0.130. The van der Waals surface area contributed by atoms with Crippen LogP contribution >= 0.6 is 24.6 Å². The summed E-state index contributed by atoms with van der Waals surface area (Å²) in [6.45, 7) is 0.